The Hall–Kier alpha value is -1.43. The van der Waals surface area contributed by atoms with Crippen LogP contribution in [0.1, 0.15) is 55.1 Å². The molecule has 0 saturated carbocycles. The average molecular weight is 278 g/mol. The van der Waals surface area contributed by atoms with Gasteiger partial charge in [-0.05, 0) is 39.7 Å². The lowest BCUT2D eigenvalue weighted by Crippen LogP contribution is -2.38. The van der Waals surface area contributed by atoms with Crippen molar-refractivity contribution in [1.29, 1.82) is 0 Å². The highest BCUT2D eigenvalue weighted by atomic mass is 16.5. The molecule has 2 fully saturated rings. The normalized spacial score (nSPS) is 26.5. The summed E-state index contributed by atoms with van der Waals surface area (Å²) in [4.78, 5) is 14.6. The topological polar surface area (TPSA) is 60.2 Å². The van der Waals surface area contributed by atoms with Crippen LogP contribution in [0.3, 0.4) is 0 Å². The zero-order valence-corrected chi connectivity index (χ0v) is 12.2. The number of hydrogen-bond acceptors (Lipinski definition) is 5. The molecule has 6 nitrogen and oxygen atoms in total. The summed E-state index contributed by atoms with van der Waals surface area (Å²) in [5.41, 5.74) is 0. The molecule has 1 aromatic rings. The van der Waals surface area contributed by atoms with Crippen LogP contribution in [0.5, 0.6) is 0 Å². The molecule has 0 amide bonds. The maximum atomic E-state index is 12.0. The Balaban J connectivity index is 1.89. The van der Waals surface area contributed by atoms with Crippen LogP contribution in [0.15, 0.2) is 0 Å². The number of carbonyl (C=O) groups excluding carboxylic acids is 1. The summed E-state index contributed by atoms with van der Waals surface area (Å²) >= 11 is 0. The Morgan fingerprint density at radius 2 is 2.10 bits per heavy atom. The summed E-state index contributed by atoms with van der Waals surface area (Å²) in [6, 6.07) is 0.830. The molecule has 0 aromatic carbocycles. The van der Waals surface area contributed by atoms with Gasteiger partial charge in [-0.25, -0.2) is 4.79 Å². The highest BCUT2D eigenvalue weighted by Gasteiger charge is 2.39. The van der Waals surface area contributed by atoms with Crippen molar-refractivity contribution in [1.82, 2.24) is 19.7 Å². The molecular formula is C14H22N4O2. The molecule has 3 rings (SSSR count). The molecule has 2 atom stereocenters. The molecule has 1 aromatic heterocycles. The maximum Gasteiger partial charge on any atom is 0.376 e. The Labute approximate surface area is 119 Å². The molecule has 2 saturated heterocycles. The number of piperidine rings is 1. The third-order valence-corrected chi connectivity index (χ3v) is 4.48. The molecule has 6 heteroatoms. The van der Waals surface area contributed by atoms with E-state index in [9.17, 15) is 4.79 Å². The Morgan fingerprint density at radius 1 is 1.25 bits per heavy atom. The number of rotatable bonds is 3. The van der Waals surface area contributed by atoms with E-state index >= 15 is 0 Å². The van der Waals surface area contributed by atoms with Crippen LogP contribution in [0.2, 0.25) is 0 Å². The van der Waals surface area contributed by atoms with Crippen molar-refractivity contribution in [3.8, 4) is 0 Å². The minimum absolute atomic E-state index is 0.310. The van der Waals surface area contributed by atoms with Gasteiger partial charge in [-0.3, -0.25) is 4.90 Å². The Morgan fingerprint density at radius 3 is 2.90 bits per heavy atom. The maximum absolute atomic E-state index is 12.0. The summed E-state index contributed by atoms with van der Waals surface area (Å²) < 4.78 is 7.11. The summed E-state index contributed by atoms with van der Waals surface area (Å²) in [5, 5.41) is 8.13. The van der Waals surface area contributed by atoms with Gasteiger partial charge in [0.15, 0.2) is 0 Å². The highest BCUT2D eigenvalue weighted by Crippen LogP contribution is 2.36. The van der Waals surface area contributed by atoms with Crippen molar-refractivity contribution in [2.24, 2.45) is 0 Å². The first-order chi connectivity index (χ1) is 9.72. The van der Waals surface area contributed by atoms with E-state index in [-0.39, 0.29) is 5.97 Å². The fourth-order valence-electron chi connectivity index (χ4n) is 3.62. The first kappa shape index (κ1) is 13.5. The van der Waals surface area contributed by atoms with E-state index in [0.717, 1.165) is 18.8 Å². The molecule has 2 aliphatic rings. The Kier molecular flexibility index (Phi) is 3.74. The molecule has 20 heavy (non-hydrogen) atoms. The monoisotopic (exact) mass is 278 g/mol. The van der Waals surface area contributed by atoms with Gasteiger partial charge in [0.2, 0.25) is 5.82 Å². The molecule has 0 spiro atoms. The smallest absolute Gasteiger partial charge is 0.376 e. The van der Waals surface area contributed by atoms with Gasteiger partial charge in [0, 0.05) is 12.6 Å². The first-order valence-corrected chi connectivity index (χ1v) is 7.55. The van der Waals surface area contributed by atoms with Crippen molar-refractivity contribution < 1.29 is 9.53 Å². The van der Waals surface area contributed by atoms with Crippen LogP contribution in [0.4, 0.5) is 0 Å². The number of nitrogens with zero attached hydrogens (tertiary/aromatic N) is 4. The van der Waals surface area contributed by atoms with Crippen LogP contribution in [0, 0.1) is 6.92 Å². The largest absolute Gasteiger partial charge is 0.460 e. The quantitative estimate of drug-likeness (QED) is 0.785. The van der Waals surface area contributed by atoms with Gasteiger partial charge in [0.05, 0.1) is 12.6 Å². The lowest BCUT2D eigenvalue weighted by Gasteiger charge is -2.33. The van der Waals surface area contributed by atoms with Gasteiger partial charge in [-0.15, -0.1) is 10.2 Å². The zero-order chi connectivity index (χ0) is 14.1. The third-order valence-electron chi connectivity index (χ3n) is 4.48. The van der Waals surface area contributed by atoms with Crippen molar-refractivity contribution in [3.05, 3.63) is 11.6 Å². The number of fused-ring (bicyclic) bond motifs is 1. The molecular weight excluding hydrogens is 256 g/mol. The first-order valence-electron chi connectivity index (χ1n) is 7.55. The predicted octanol–water partition coefficient (Wildman–Crippen LogP) is 1.56. The molecule has 110 valence electrons. The molecule has 0 bridgehead atoms. The van der Waals surface area contributed by atoms with E-state index in [1.54, 1.807) is 0 Å². The fourth-order valence-corrected chi connectivity index (χ4v) is 3.62. The van der Waals surface area contributed by atoms with Gasteiger partial charge < -0.3 is 9.30 Å². The lowest BCUT2D eigenvalue weighted by atomic mass is 9.98. The van der Waals surface area contributed by atoms with Crippen LogP contribution in [-0.2, 0) is 4.74 Å². The second-order valence-electron chi connectivity index (χ2n) is 5.62. The number of hydrogen-bond donors (Lipinski definition) is 0. The zero-order valence-electron chi connectivity index (χ0n) is 12.2. The minimum atomic E-state index is -0.359. The van der Waals surface area contributed by atoms with Gasteiger partial charge in [-0.2, -0.15) is 0 Å². The average Bonchev–Trinajstić information content (AvgIpc) is 3.02. The number of aryl methyl sites for hydroxylation is 1. The fraction of sp³-hybridized carbons (Fsp3) is 0.786. The molecule has 0 radical (unpaired) electrons. The van der Waals surface area contributed by atoms with Crippen LogP contribution in [-0.4, -0.2) is 51.4 Å². The molecule has 0 N–H and O–H groups in total. The number of carbonyl (C=O) groups is 1. The minimum Gasteiger partial charge on any atom is -0.460 e. The molecule has 2 aliphatic heterocycles. The summed E-state index contributed by atoms with van der Waals surface area (Å²) in [6.07, 6.45) is 4.82. The van der Waals surface area contributed by atoms with Crippen molar-refractivity contribution in [2.45, 2.75) is 51.6 Å². The summed E-state index contributed by atoms with van der Waals surface area (Å²) in [6.45, 7) is 6.38. The highest BCUT2D eigenvalue weighted by molar-refractivity contribution is 5.85. The second-order valence-corrected chi connectivity index (χ2v) is 5.62. The van der Waals surface area contributed by atoms with Crippen LogP contribution >= 0.6 is 0 Å². The van der Waals surface area contributed by atoms with Gasteiger partial charge in [-0.1, -0.05) is 6.42 Å². The summed E-state index contributed by atoms with van der Waals surface area (Å²) in [7, 11) is 0. The summed E-state index contributed by atoms with van der Waals surface area (Å²) in [5.74, 6) is 0.814. The SMILES string of the molecule is CCOC(=O)c1nnc(C)n1C1CCN2CCCCC12. The van der Waals surface area contributed by atoms with E-state index in [4.69, 9.17) is 4.74 Å². The lowest BCUT2D eigenvalue weighted by molar-refractivity contribution is 0.0499. The molecule has 0 aliphatic carbocycles. The second kappa shape index (κ2) is 5.52. The number of aromatic nitrogens is 3. The van der Waals surface area contributed by atoms with E-state index in [1.807, 2.05) is 18.4 Å². The van der Waals surface area contributed by atoms with Gasteiger partial charge in [0.1, 0.15) is 5.82 Å². The molecule has 3 heterocycles. The molecule has 2 unspecified atom stereocenters. The number of esters is 1. The number of ether oxygens (including phenoxy) is 1. The van der Waals surface area contributed by atoms with E-state index < -0.39 is 0 Å². The van der Waals surface area contributed by atoms with E-state index in [0.29, 0.717) is 24.5 Å². The van der Waals surface area contributed by atoms with Crippen LogP contribution < -0.4 is 0 Å². The predicted molar refractivity (Wildman–Crippen MR) is 73.6 cm³/mol. The van der Waals surface area contributed by atoms with Gasteiger partial charge >= 0.3 is 5.97 Å². The van der Waals surface area contributed by atoms with Crippen molar-refractivity contribution in [2.75, 3.05) is 19.7 Å². The van der Waals surface area contributed by atoms with E-state index in [2.05, 4.69) is 15.1 Å². The van der Waals surface area contributed by atoms with Crippen molar-refractivity contribution >= 4 is 5.97 Å². The van der Waals surface area contributed by atoms with Crippen molar-refractivity contribution in [3.63, 3.8) is 0 Å². The van der Waals surface area contributed by atoms with Gasteiger partial charge in [0.25, 0.3) is 0 Å². The van der Waals surface area contributed by atoms with Crippen LogP contribution in [0.25, 0.3) is 0 Å². The van der Waals surface area contributed by atoms with E-state index in [1.165, 1.54) is 25.8 Å². The Bertz CT molecular complexity index is 499. The third kappa shape index (κ3) is 2.22. The standard InChI is InChI=1S/C14H22N4O2/c1-3-20-14(19)13-16-15-10(2)18(13)12-7-9-17-8-5-4-6-11(12)17/h11-12H,3-9H2,1-2H3.